The van der Waals surface area contributed by atoms with Crippen molar-refractivity contribution in [2.24, 2.45) is 0 Å². The molecule has 8 heteroatoms. The van der Waals surface area contributed by atoms with Crippen LogP contribution in [0.2, 0.25) is 0 Å². The normalized spacial score (nSPS) is 17.8. The van der Waals surface area contributed by atoms with Gasteiger partial charge in [-0.05, 0) is 43.5 Å². The summed E-state index contributed by atoms with van der Waals surface area (Å²) < 4.78 is 29.7. The molecule has 1 aliphatic rings. The number of benzene rings is 2. The van der Waals surface area contributed by atoms with E-state index < -0.39 is 16.1 Å². The summed E-state index contributed by atoms with van der Waals surface area (Å²) >= 11 is 0. The number of fused-ring (bicyclic) bond motifs is 1. The zero-order valence-corrected chi connectivity index (χ0v) is 17.8. The van der Waals surface area contributed by atoms with Crippen LogP contribution in [0.3, 0.4) is 0 Å². The zero-order valence-electron chi connectivity index (χ0n) is 17.0. The van der Waals surface area contributed by atoms with E-state index in [0.717, 1.165) is 30.3 Å². The topological polar surface area (TPSA) is 84.3 Å². The van der Waals surface area contributed by atoms with Crippen LogP contribution in [0.15, 0.2) is 59.5 Å². The van der Waals surface area contributed by atoms with Gasteiger partial charge in [-0.2, -0.15) is 4.31 Å². The number of piperidine rings is 1. The van der Waals surface area contributed by atoms with Crippen LogP contribution in [0.1, 0.15) is 32.6 Å². The molecule has 1 aliphatic heterocycles. The number of hydrogen-bond acceptors (Lipinski definition) is 4. The van der Waals surface area contributed by atoms with Crippen LogP contribution < -0.4 is 5.32 Å². The van der Waals surface area contributed by atoms with Gasteiger partial charge in [0.15, 0.2) is 0 Å². The van der Waals surface area contributed by atoms with Crippen LogP contribution in [0, 0.1) is 0 Å². The molecule has 30 heavy (non-hydrogen) atoms. The first kappa shape index (κ1) is 20.6. The summed E-state index contributed by atoms with van der Waals surface area (Å²) in [6.07, 6.45) is 2.93. The first-order valence-corrected chi connectivity index (χ1v) is 11.8. The molecule has 0 radical (unpaired) electrons. The number of amides is 1. The molecule has 0 aliphatic carbocycles. The lowest BCUT2D eigenvalue weighted by Gasteiger charge is -2.33. The summed E-state index contributed by atoms with van der Waals surface area (Å²) in [5.74, 6) is 0.132. The predicted molar refractivity (Wildman–Crippen MR) is 117 cm³/mol. The highest BCUT2D eigenvalue weighted by molar-refractivity contribution is 7.89. The molecule has 1 unspecified atom stereocenters. The molecule has 1 atom stereocenters. The molecule has 1 amide bonds. The van der Waals surface area contributed by atoms with E-state index in [9.17, 15) is 13.2 Å². The van der Waals surface area contributed by atoms with Crippen LogP contribution in [-0.4, -0.2) is 40.8 Å². The van der Waals surface area contributed by atoms with Crippen molar-refractivity contribution in [2.75, 3.05) is 11.9 Å². The van der Waals surface area contributed by atoms with Gasteiger partial charge in [0, 0.05) is 13.1 Å². The van der Waals surface area contributed by atoms with E-state index in [-0.39, 0.29) is 10.8 Å². The van der Waals surface area contributed by atoms with Gasteiger partial charge >= 0.3 is 0 Å². The SMILES string of the molecule is CCCn1c(NC(=O)C2CCCCN2S(=O)(=O)c2ccccc2)nc2ccccc21. The minimum Gasteiger partial charge on any atom is -0.310 e. The number of anilines is 1. The standard InChI is InChI=1S/C22H26N4O3S/c1-2-15-25-19-13-7-6-12-18(19)23-22(25)24-21(27)20-14-8-9-16-26(20)30(28,29)17-10-4-3-5-11-17/h3-7,10-13,20H,2,8-9,14-16H2,1H3,(H,23,24,27). The Morgan fingerprint density at radius 1 is 1.10 bits per heavy atom. The Kier molecular flexibility index (Phi) is 5.87. The van der Waals surface area contributed by atoms with Crippen molar-refractivity contribution in [1.82, 2.24) is 13.9 Å². The molecule has 2 aromatic carbocycles. The van der Waals surface area contributed by atoms with E-state index in [0.29, 0.717) is 25.5 Å². The van der Waals surface area contributed by atoms with Gasteiger partial charge < -0.3 is 4.57 Å². The number of carbonyl (C=O) groups excluding carboxylic acids is 1. The predicted octanol–water partition coefficient (Wildman–Crippen LogP) is 3.63. The van der Waals surface area contributed by atoms with Crippen molar-refractivity contribution >= 4 is 32.9 Å². The average molecular weight is 427 g/mol. The molecule has 3 aromatic rings. The Morgan fingerprint density at radius 2 is 1.83 bits per heavy atom. The number of carbonyl (C=O) groups is 1. The van der Waals surface area contributed by atoms with E-state index >= 15 is 0 Å². The molecule has 2 heterocycles. The Labute approximate surface area is 176 Å². The third-order valence-electron chi connectivity index (χ3n) is 5.44. The summed E-state index contributed by atoms with van der Waals surface area (Å²) in [6.45, 7) is 3.11. The number of rotatable bonds is 6. The van der Waals surface area contributed by atoms with E-state index in [4.69, 9.17) is 0 Å². The number of nitrogens with zero attached hydrogens (tertiary/aromatic N) is 3. The maximum atomic E-state index is 13.2. The lowest BCUT2D eigenvalue weighted by molar-refractivity contribution is -0.120. The van der Waals surface area contributed by atoms with Crippen molar-refractivity contribution in [3.63, 3.8) is 0 Å². The molecule has 0 bridgehead atoms. The van der Waals surface area contributed by atoms with Crippen LogP contribution in [0.5, 0.6) is 0 Å². The molecule has 1 N–H and O–H groups in total. The first-order chi connectivity index (χ1) is 14.5. The summed E-state index contributed by atoms with van der Waals surface area (Å²) in [7, 11) is -3.75. The number of nitrogens with one attached hydrogen (secondary N) is 1. The van der Waals surface area contributed by atoms with Crippen molar-refractivity contribution < 1.29 is 13.2 Å². The van der Waals surface area contributed by atoms with Gasteiger partial charge in [0.1, 0.15) is 6.04 Å². The third-order valence-corrected chi connectivity index (χ3v) is 7.37. The number of aromatic nitrogens is 2. The second-order valence-electron chi connectivity index (χ2n) is 7.51. The Bertz CT molecular complexity index is 1140. The minimum absolute atomic E-state index is 0.211. The van der Waals surface area contributed by atoms with E-state index in [1.807, 2.05) is 28.8 Å². The summed E-state index contributed by atoms with van der Waals surface area (Å²) in [6, 6.07) is 15.3. The number of imidazole rings is 1. The molecule has 1 aromatic heterocycles. The van der Waals surface area contributed by atoms with Crippen molar-refractivity contribution in [3.05, 3.63) is 54.6 Å². The fourth-order valence-electron chi connectivity index (χ4n) is 4.00. The van der Waals surface area contributed by atoms with E-state index in [1.54, 1.807) is 30.3 Å². The number of aryl methyl sites for hydroxylation is 1. The number of sulfonamides is 1. The third kappa shape index (κ3) is 3.85. The minimum atomic E-state index is -3.75. The fraction of sp³-hybridized carbons (Fsp3) is 0.364. The summed E-state index contributed by atoms with van der Waals surface area (Å²) in [5, 5.41) is 2.91. The maximum Gasteiger partial charge on any atom is 0.245 e. The molecule has 4 rings (SSSR count). The highest BCUT2D eigenvalue weighted by atomic mass is 32.2. The van der Waals surface area contributed by atoms with Crippen molar-refractivity contribution in [2.45, 2.75) is 50.1 Å². The Hall–Kier alpha value is -2.71. The second-order valence-corrected chi connectivity index (χ2v) is 9.40. The smallest absolute Gasteiger partial charge is 0.245 e. The van der Waals surface area contributed by atoms with E-state index in [2.05, 4.69) is 17.2 Å². The quantitative estimate of drug-likeness (QED) is 0.652. The highest BCUT2D eigenvalue weighted by Crippen LogP contribution is 2.27. The van der Waals surface area contributed by atoms with E-state index in [1.165, 1.54) is 4.31 Å². The zero-order chi connectivity index (χ0) is 21.1. The first-order valence-electron chi connectivity index (χ1n) is 10.4. The summed E-state index contributed by atoms with van der Waals surface area (Å²) in [5.41, 5.74) is 1.76. The fourth-order valence-corrected chi connectivity index (χ4v) is 5.67. The molecular weight excluding hydrogens is 400 g/mol. The van der Waals surface area contributed by atoms with Crippen molar-refractivity contribution in [3.8, 4) is 0 Å². The van der Waals surface area contributed by atoms with Gasteiger partial charge in [-0.3, -0.25) is 10.1 Å². The highest BCUT2D eigenvalue weighted by Gasteiger charge is 2.38. The maximum absolute atomic E-state index is 13.2. The Morgan fingerprint density at radius 3 is 2.60 bits per heavy atom. The molecule has 7 nitrogen and oxygen atoms in total. The van der Waals surface area contributed by atoms with Crippen LogP contribution in [0.25, 0.3) is 11.0 Å². The van der Waals surface area contributed by atoms with Gasteiger partial charge in [-0.1, -0.05) is 43.7 Å². The lowest BCUT2D eigenvalue weighted by Crippen LogP contribution is -2.50. The van der Waals surface area contributed by atoms with Crippen molar-refractivity contribution in [1.29, 1.82) is 0 Å². The molecule has 158 valence electrons. The monoisotopic (exact) mass is 426 g/mol. The Balaban J connectivity index is 1.64. The van der Waals surface area contributed by atoms with Gasteiger partial charge in [-0.25, -0.2) is 13.4 Å². The lowest BCUT2D eigenvalue weighted by atomic mass is 10.0. The van der Waals surface area contributed by atoms with Crippen LogP contribution >= 0.6 is 0 Å². The number of para-hydroxylation sites is 2. The van der Waals surface area contributed by atoms with Crippen LogP contribution in [0.4, 0.5) is 5.95 Å². The second kappa shape index (κ2) is 8.57. The number of hydrogen-bond donors (Lipinski definition) is 1. The van der Waals surface area contributed by atoms with Gasteiger partial charge in [0.25, 0.3) is 0 Å². The van der Waals surface area contributed by atoms with Crippen LogP contribution in [-0.2, 0) is 21.4 Å². The molecular formula is C22H26N4O3S. The largest absolute Gasteiger partial charge is 0.310 e. The van der Waals surface area contributed by atoms with Gasteiger partial charge in [-0.15, -0.1) is 0 Å². The van der Waals surface area contributed by atoms with Gasteiger partial charge in [0.05, 0.1) is 15.9 Å². The van der Waals surface area contributed by atoms with Gasteiger partial charge in [0.2, 0.25) is 21.9 Å². The molecule has 0 spiro atoms. The average Bonchev–Trinajstić information content (AvgIpc) is 3.11. The molecule has 1 fully saturated rings. The summed E-state index contributed by atoms with van der Waals surface area (Å²) in [4.78, 5) is 18.0. The molecule has 1 saturated heterocycles. The molecule has 0 saturated carbocycles.